The van der Waals surface area contributed by atoms with Gasteiger partial charge in [0.2, 0.25) is 0 Å². The molecule has 0 aromatic heterocycles. The van der Waals surface area contributed by atoms with Crippen molar-refractivity contribution in [3.05, 3.63) is 28.3 Å². The van der Waals surface area contributed by atoms with Gasteiger partial charge in [0, 0.05) is 10.9 Å². The second kappa shape index (κ2) is 6.87. The summed E-state index contributed by atoms with van der Waals surface area (Å²) in [5.41, 5.74) is 2.31. The molecule has 1 nitrogen and oxygen atoms in total. The summed E-state index contributed by atoms with van der Waals surface area (Å²) in [5, 5.41) is 0.767. The molecule has 0 saturated heterocycles. The molecule has 1 rings (SSSR count). The zero-order valence-corrected chi connectivity index (χ0v) is 13.4. The molecule has 2 unspecified atom stereocenters. The van der Waals surface area contributed by atoms with Gasteiger partial charge in [-0.05, 0) is 42.0 Å². The van der Waals surface area contributed by atoms with Crippen LogP contribution in [0.3, 0.4) is 0 Å². The molecule has 0 heterocycles. The second-order valence-corrected chi connectivity index (χ2v) is 5.68. The summed E-state index contributed by atoms with van der Waals surface area (Å²) in [7, 11) is 1.72. The van der Waals surface area contributed by atoms with Gasteiger partial charge in [-0.2, -0.15) is 0 Å². The third kappa shape index (κ3) is 3.67. The molecule has 0 saturated carbocycles. The third-order valence-electron chi connectivity index (χ3n) is 3.55. The van der Waals surface area contributed by atoms with Crippen molar-refractivity contribution in [2.75, 3.05) is 7.11 Å². The maximum Gasteiger partial charge on any atom is 0.125 e. The number of ether oxygens (including phenoxy) is 1. The van der Waals surface area contributed by atoms with E-state index in [0.717, 1.165) is 21.9 Å². The number of benzene rings is 1. The molecule has 0 fully saturated rings. The van der Waals surface area contributed by atoms with Crippen molar-refractivity contribution in [2.24, 2.45) is 5.92 Å². The van der Waals surface area contributed by atoms with Gasteiger partial charge in [-0.25, -0.2) is 0 Å². The molecule has 2 atom stereocenters. The summed E-state index contributed by atoms with van der Waals surface area (Å²) >= 11 is 6.26. The van der Waals surface area contributed by atoms with E-state index >= 15 is 0 Å². The normalized spacial score (nSPS) is 13.7. The van der Waals surface area contributed by atoms with E-state index in [4.69, 9.17) is 16.3 Å². The first-order valence-corrected chi connectivity index (χ1v) is 7.09. The van der Waals surface area contributed by atoms with Crippen LogP contribution in [0.2, 0.25) is 5.02 Å². The van der Waals surface area contributed by atoms with Gasteiger partial charge in [-0.3, -0.25) is 0 Å². The zero-order chi connectivity index (χ0) is 14.6. The van der Waals surface area contributed by atoms with Crippen LogP contribution < -0.4 is 4.74 Å². The summed E-state index contributed by atoms with van der Waals surface area (Å²) in [4.78, 5) is 0. The molecule has 0 aliphatic rings. The SMILES string of the molecule is CC#CC(C)C(C)c1cc(Cl)cc(C(C)C)c1OC. The Morgan fingerprint density at radius 3 is 2.16 bits per heavy atom. The Bertz CT molecular complexity index is 494. The molecule has 1 aromatic carbocycles. The van der Waals surface area contributed by atoms with E-state index in [-0.39, 0.29) is 5.92 Å². The van der Waals surface area contributed by atoms with Crippen molar-refractivity contribution in [3.8, 4) is 17.6 Å². The van der Waals surface area contributed by atoms with Gasteiger partial charge in [0.15, 0.2) is 0 Å². The molecule has 0 aliphatic heterocycles. The first-order valence-electron chi connectivity index (χ1n) is 6.71. The highest BCUT2D eigenvalue weighted by molar-refractivity contribution is 6.30. The maximum absolute atomic E-state index is 6.26. The van der Waals surface area contributed by atoms with Gasteiger partial charge in [-0.1, -0.05) is 45.2 Å². The number of hydrogen-bond acceptors (Lipinski definition) is 1. The highest BCUT2D eigenvalue weighted by Gasteiger charge is 2.21. The minimum Gasteiger partial charge on any atom is -0.496 e. The van der Waals surface area contributed by atoms with Gasteiger partial charge in [0.1, 0.15) is 5.75 Å². The molecule has 0 amide bonds. The average Bonchev–Trinajstić information content (AvgIpc) is 2.36. The van der Waals surface area contributed by atoms with Gasteiger partial charge in [-0.15, -0.1) is 5.92 Å². The number of halogens is 1. The Hall–Kier alpha value is -1.13. The summed E-state index contributed by atoms with van der Waals surface area (Å²) in [6.07, 6.45) is 0. The maximum atomic E-state index is 6.26. The van der Waals surface area contributed by atoms with Crippen molar-refractivity contribution in [2.45, 2.75) is 46.5 Å². The van der Waals surface area contributed by atoms with Crippen molar-refractivity contribution in [1.29, 1.82) is 0 Å². The first kappa shape index (κ1) is 15.9. The molecule has 0 aliphatic carbocycles. The van der Waals surface area contributed by atoms with Crippen LogP contribution in [0.4, 0.5) is 0 Å². The van der Waals surface area contributed by atoms with Crippen LogP contribution in [-0.2, 0) is 0 Å². The lowest BCUT2D eigenvalue weighted by Gasteiger charge is -2.22. The van der Waals surface area contributed by atoms with Crippen LogP contribution in [0.5, 0.6) is 5.75 Å². The molecule has 0 radical (unpaired) electrons. The van der Waals surface area contributed by atoms with E-state index in [1.54, 1.807) is 7.11 Å². The summed E-state index contributed by atoms with van der Waals surface area (Å²) in [5.74, 6) is 8.10. The van der Waals surface area contributed by atoms with E-state index in [2.05, 4.69) is 39.5 Å². The monoisotopic (exact) mass is 278 g/mol. The van der Waals surface area contributed by atoms with Crippen molar-refractivity contribution < 1.29 is 4.74 Å². The van der Waals surface area contributed by atoms with Crippen molar-refractivity contribution in [1.82, 2.24) is 0 Å². The van der Waals surface area contributed by atoms with E-state index in [0.29, 0.717) is 11.8 Å². The predicted octanol–water partition coefficient (Wildman–Crippen LogP) is 5.23. The highest BCUT2D eigenvalue weighted by atomic mass is 35.5. The Morgan fingerprint density at radius 2 is 1.68 bits per heavy atom. The van der Waals surface area contributed by atoms with Gasteiger partial charge >= 0.3 is 0 Å². The minimum atomic E-state index is 0.275. The smallest absolute Gasteiger partial charge is 0.125 e. The summed E-state index contributed by atoms with van der Waals surface area (Å²) < 4.78 is 5.64. The Labute approximate surface area is 122 Å². The van der Waals surface area contributed by atoms with E-state index < -0.39 is 0 Å². The Balaban J connectivity index is 3.36. The van der Waals surface area contributed by atoms with Gasteiger partial charge in [0.05, 0.1) is 7.11 Å². The van der Waals surface area contributed by atoms with Gasteiger partial charge < -0.3 is 4.74 Å². The van der Waals surface area contributed by atoms with Crippen molar-refractivity contribution >= 4 is 11.6 Å². The molecular weight excluding hydrogens is 256 g/mol. The largest absolute Gasteiger partial charge is 0.496 e. The Kier molecular flexibility index (Phi) is 5.76. The topological polar surface area (TPSA) is 9.23 Å². The molecule has 0 N–H and O–H groups in total. The summed E-state index contributed by atoms with van der Waals surface area (Å²) in [6, 6.07) is 4.00. The Morgan fingerprint density at radius 1 is 1.11 bits per heavy atom. The standard InChI is InChI=1S/C17H23ClO/c1-7-8-12(4)13(5)16-10-14(18)9-15(11(2)3)17(16)19-6/h9-13H,1-6H3. The van der Waals surface area contributed by atoms with Crippen LogP contribution in [0, 0.1) is 17.8 Å². The molecule has 1 aromatic rings. The van der Waals surface area contributed by atoms with Crippen LogP contribution in [0.25, 0.3) is 0 Å². The fraction of sp³-hybridized carbons (Fsp3) is 0.529. The van der Waals surface area contributed by atoms with Gasteiger partial charge in [0.25, 0.3) is 0 Å². The molecule has 2 heteroatoms. The number of methoxy groups -OCH3 is 1. The fourth-order valence-electron chi connectivity index (χ4n) is 2.26. The quantitative estimate of drug-likeness (QED) is 0.685. The first-order chi connectivity index (χ1) is 8.92. The van der Waals surface area contributed by atoms with Crippen LogP contribution in [0.15, 0.2) is 12.1 Å². The van der Waals surface area contributed by atoms with E-state index in [9.17, 15) is 0 Å². The lowest BCUT2D eigenvalue weighted by molar-refractivity contribution is 0.395. The lowest BCUT2D eigenvalue weighted by Crippen LogP contribution is -2.08. The molecule has 0 bridgehead atoms. The highest BCUT2D eigenvalue weighted by Crippen LogP contribution is 2.39. The zero-order valence-electron chi connectivity index (χ0n) is 12.7. The lowest BCUT2D eigenvalue weighted by atomic mass is 9.86. The van der Waals surface area contributed by atoms with Crippen molar-refractivity contribution in [3.63, 3.8) is 0 Å². The fourth-order valence-corrected chi connectivity index (χ4v) is 2.50. The number of rotatable bonds is 4. The molecule has 0 spiro atoms. The third-order valence-corrected chi connectivity index (χ3v) is 3.77. The average molecular weight is 279 g/mol. The molecule has 19 heavy (non-hydrogen) atoms. The van der Waals surface area contributed by atoms with Crippen LogP contribution >= 0.6 is 11.6 Å². The second-order valence-electron chi connectivity index (χ2n) is 5.24. The van der Waals surface area contributed by atoms with Crippen LogP contribution in [0.1, 0.15) is 57.6 Å². The summed E-state index contributed by atoms with van der Waals surface area (Å²) in [6.45, 7) is 10.5. The molecule has 104 valence electrons. The predicted molar refractivity (Wildman–Crippen MR) is 83.1 cm³/mol. The van der Waals surface area contributed by atoms with E-state index in [1.807, 2.05) is 19.1 Å². The van der Waals surface area contributed by atoms with E-state index in [1.165, 1.54) is 0 Å². The van der Waals surface area contributed by atoms with Crippen LogP contribution in [-0.4, -0.2) is 7.11 Å². The molecular formula is C17H23ClO. The minimum absolute atomic E-state index is 0.275. The number of hydrogen-bond donors (Lipinski definition) is 0.